The lowest BCUT2D eigenvalue weighted by Crippen LogP contribution is -2.71. The van der Waals surface area contributed by atoms with Gasteiger partial charge in [0.25, 0.3) is 0 Å². The van der Waals surface area contributed by atoms with Crippen molar-refractivity contribution in [1.29, 1.82) is 0 Å². The molecule has 2 bridgehead atoms. The second-order valence-corrected chi connectivity index (χ2v) is 11.8. The lowest BCUT2D eigenvalue weighted by Gasteiger charge is -2.64. The van der Waals surface area contributed by atoms with E-state index in [1.807, 2.05) is 13.2 Å². The molecular formula is C31H43NO5. The number of benzene rings is 1. The second kappa shape index (κ2) is 9.94. The van der Waals surface area contributed by atoms with Crippen LogP contribution in [-0.2, 0) is 27.9 Å². The molecule has 1 aromatic carbocycles. The Labute approximate surface area is 221 Å². The number of hydrogen-bond donors (Lipinski definition) is 0. The first kappa shape index (κ1) is 25.3. The van der Waals surface area contributed by atoms with Gasteiger partial charge < -0.3 is 23.4 Å². The van der Waals surface area contributed by atoms with Gasteiger partial charge in [-0.2, -0.15) is 0 Å². The fraction of sp³-hybridized carbons (Fsp3) is 0.677. The maximum absolute atomic E-state index is 6.93. The first-order valence-corrected chi connectivity index (χ1v) is 14.3. The zero-order valence-corrected chi connectivity index (χ0v) is 23.0. The van der Waals surface area contributed by atoms with E-state index in [2.05, 4.69) is 30.9 Å². The van der Waals surface area contributed by atoms with Gasteiger partial charge in [-0.1, -0.05) is 13.0 Å². The summed E-state index contributed by atoms with van der Waals surface area (Å²) < 4.78 is 30.1. The number of nitrogens with zero attached hydrogens (tertiary/aromatic N) is 1. The molecule has 6 nitrogen and oxygen atoms in total. The minimum atomic E-state index is -0.0933. The van der Waals surface area contributed by atoms with Gasteiger partial charge >= 0.3 is 0 Å². The van der Waals surface area contributed by atoms with Crippen molar-refractivity contribution in [3.05, 3.63) is 47.4 Å². The summed E-state index contributed by atoms with van der Waals surface area (Å²) in [5.74, 6) is 2.71. The summed E-state index contributed by atoms with van der Waals surface area (Å²) in [5, 5.41) is 0. The highest BCUT2D eigenvalue weighted by atomic mass is 16.6. The third-order valence-corrected chi connectivity index (χ3v) is 10.2. The number of rotatable bonds is 12. The van der Waals surface area contributed by atoms with Gasteiger partial charge in [0.05, 0.1) is 32.3 Å². The quantitative estimate of drug-likeness (QED) is 0.339. The van der Waals surface area contributed by atoms with Crippen LogP contribution in [0.1, 0.15) is 69.1 Å². The molecular weight excluding hydrogens is 466 g/mol. The Morgan fingerprint density at radius 2 is 2.05 bits per heavy atom. The van der Waals surface area contributed by atoms with Crippen molar-refractivity contribution in [3.8, 4) is 11.5 Å². The van der Waals surface area contributed by atoms with Crippen LogP contribution in [0.4, 0.5) is 0 Å². The Morgan fingerprint density at radius 1 is 1.19 bits per heavy atom. The topological polar surface area (TPSA) is 53.3 Å². The third-order valence-electron chi connectivity index (χ3n) is 10.2. The fourth-order valence-electron chi connectivity index (χ4n) is 8.26. The van der Waals surface area contributed by atoms with E-state index in [9.17, 15) is 0 Å². The van der Waals surface area contributed by atoms with Crippen molar-refractivity contribution >= 4 is 0 Å². The van der Waals surface area contributed by atoms with Gasteiger partial charge in [-0.05, 0) is 87.4 Å². The Balaban J connectivity index is 1.39. The molecule has 1 saturated heterocycles. The zero-order valence-electron chi connectivity index (χ0n) is 23.0. The van der Waals surface area contributed by atoms with E-state index in [1.165, 1.54) is 30.5 Å². The monoisotopic (exact) mass is 509 g/mol. The van der Waals surface area contributed by atoms with E-state index in [0.29, 0.717) is 12.6 Å². The van der Waals surface area contributed by atoms with Crippen molar-refractivity contribution in [1.82, 2.24) is 4.90 Å². The van der Waals surface area contributed by atoms with Crippen LogP contribution in [0, 0.1) is 11.3 Å². The molecule has 0 radical (unpaired) electrons. The number of methoxy groups -OCH3 is 2. The lowest BCUT2D eigenvalue weighted by atomic mass is 9.44. The highest BCUT2D eigenvalue weighted by molar-refractivity contribution is 5.62. The number of fused-ring (bicyclic) bond motifs is 1. The molecule has 3 heterocycles. The minimum absolute atomic E-state index is 0.0121. The first-order chi connectivity index (χ1) is 18.1. The van der Waals surface area contributed by atoms with Crippen LogP contribution < -0.4 is 9.47 Å². The van der Waals surface area contributed by atoms with Crippen LogP contribution >= 0.6 is 0 Å². The Morgan fingerprint density at radius 3 is 2.76 bits per heavy atom. The lowest BCUT2D eigenvalue weighted by molar-refractivity contribution is -0.135. The second-order valence-electron chi connectivity index (χ2n) is 11.8. The fourth-order valence-corrected chi connectivity index (χ4v) is 8.26. The molecule has 2 fully saturated rings. The van der Waals surface area contributed by atoms with Crippen LogP contribution in [-0.4, -0.2) is 57.1 Å². The Bertz CT molecular complexity index is 1080. The Kier molecular flexibility index (Phi) is 6.79. The molecule has 1 saturated carbocycles. The van der Waals surface area contributed by atoms with Gasteiger partial charge in [-0.3, -0.25) is 4.90 Å². The molecule has 6 heteroatoms. The Hall–Kier alpha value is -2.02. The predicted molar refractivity (Wildman–Crippen MR) is 142 cm³/mol. The summed E-state index contributed by atoms with van der Waals surface area (Å²) in [5.41, 5.74) is 3.96. The molecule has 202 valence electrons. The van der Waals surface area contributed by atoms with Crippen LogP contribution in [0.2, 0.25) is 0 Å². The van der Waals surface area contributed by atoms with E-state index in [0.717, 1.165) is 68.2 Å². The maximum atomic E-state index is 6.93. The molecule has 5 atom stereocenters. The average molecular weight is 510 g/mol. The molecule has 37 heavy (non-hydrogen) atoms. The van der Waals surface area contributed by atoms with E-state index >= 15 is 0 Å². The van der Waals surface area contributed by atoms with Gasteiger partial charge in [0.15, 0.2) is 11.5 Å². The number of hydrogen-bond acceptors (Lipinski definition) is 6. The van der Waals surface area contributed by atoms with Crippen LogP contribution in [0.5, 0.6) is 11.5 Å². The third kappa shape index (κ3) is 3.93. The van der Waals surface area contributed by atoms with Crippen LogP contribution in [0.25, 0.3) is 0 Å². The summed E-state index contributed by atoms with van der Waals surface area (Å²) >= 11 is 0. The minimum Gasteiger partial charge on any atom is -0.493 e. The van der Waals surface area contributed by atoms with E-state index in [1.54, 1.807) is 19.6 Å². The molecule has 0 amide bonds. The molecule has 0 N–H and O–H groups in total. The molecule has 4 aliphatic rings. The smallest absolute Gasteiger partial charge is 0.165 e. The van der Waals surface area contributed by atoms with Gasteiger partial charge in [-0.25, -0.2) is 0 Å². The molecule has 2 aliphatic carbocycles. The molecule has 2 aromatic rings. The normalized spacial score (nSPS) is 31.1. The highest BCUT2D eigenvalue weighted by Gasteiger charge is 2.70. The molecule has 1 spiro atoms. The van der Waals surface area contributed by atoms with E-state index in [4.69, 9.17) is 23.4 Å². The van der Waals surface area contributed by atoms with E-state index in [-0.39, 0.29) is 23.0 Å². The summed E-state index contributed by atoms with van der Waals surface area (Å²) in [7, 11) is 3.58. The van der Waals surface area contributed by atoms with Gasteiger partial charge in [0.1, 0.15) is 6.10 Å². The van der Waals surface area contributed by atoms with Crippen LogP contribution in [0.3, 0.4) is 0 Å². The molecule has 1 aromatic heterocycles. The van der Waals surface area contributed by atoms with Crippen molar-refractivity contribution < 1.29 is 23.4 Å². The summed E-state index contributed by atoms with van der Waals surface area (Å²) in [6, 6.07) is 6.91. The highest BCUT2D eigenvalue weighted by Crippen LogP contribution is 2.68. The van der Waals surface area contributed by atoms with Crippen molar-refractivity contribution in [2.75, 3.05) is 33.9 Å². The molecule has 6 rings (SSSR count). The number of ether oxygens (including phenoxy) is 4. The van der Waals surface area contributed by atoms with Crippen molar-refractivity contribution in [2.45, 2.75) is 89.1 Å². The van der Waals surface area contributed by atoms with Crippen molar-refractivity contribution in [3.63, 3.8) is 0 Å². The first-order valence-electron chi connectivity index (χ1n) is 14.3. The van der Waals surface area contributed by atoms with Crippen LogP contribution in [0.15, 0.2) is 35.1 Å². The van der Waals surface area contributed by atoms with Gasteiger partial charge in [0, 0.05) is 42.8 Å². The van der Waals surface area contributed by atoms with Crippen molar-refractivity contribution in [2.24, 2.45) is 11.3 Å². The largest absolute Gasteiger partial charge is 0.493 e. The molecule has 2 aliphatic heterocycles. The summed E-state index contributed by atoms with van der Waals surface area (Å²) in [4.78, 5) is 2.86. The SMILES string of the molecule is CC[C@]1(CCCOCc2ccoc2)[C@@H]2Cc3ccc(OC)c4c3[C@]1(CCN2CC1CC1)[C@@H](C(C)OC)O4. The average Bonchev–Trinajstić information content (AvgIpc) is 3.44. The van der Waals surface area contributed by atoms with Gasteiger partial charge in [-0.15, -0.1) is 0 Å². The number of likely N-dealkylation sites (tertiary alicyclic amines) is 1. The standard InChI is InChI=1S/C31H43NO5/c1-5-30(12-6-15-35-19-23-11-16-36-20-23)26-17-24-9-10-25(34-4)28-27(24)31(30,29(37-28)21(2)33-3)13-14-32(26)18-22-7-8-22/h9-11,16,20-22,26,29H,5-8,12-15,17-19H2,1-4H3/t21?,26-,29+,30-,31+/m0/s1. The summed E-state index contributed by atoms with van der Waals surface area (Å²) in [6.45, 7) is 8.33. The maximum Gasteiger partial charge on any atom is 0.165 e. The predicted octanol–water partition coefficient (Wildman–Crippen LogP) is 5.76. The zero-order chi connectivity index (χ0) is 25.6. The number of piperidine rings is 1. The number of furan rings is 1. The molecule has 1 unspecified atom stereocenters. The summed E-state index contributed by atoms with van der Waals surface area (Å²) in [6.07, 6.45) is 11.7. The van der Waals surface area contributed by atoms with E-state index < -0.39 is 0 Å². The van der Waals surface area contributed by atoms with Gasteiger partial charge in [0.2, 0.25) is 0 Å².